The first-order chi connectivity index (χ1) is 14.1. The summed E-state index contributed by atoms with van der Waals surface area (Å²) < 4.78 is 11.2. The van der Waals surface area contributed by atoms with Gasteiger partial charge in [0.1, 0.15) is 30.5 Å². The molecule has 0 saturated heterocycles. The van der Waals surface area contributed by atoms with Crippen LogP contribution >= 0.6 is 0 Å². The number of para-hydroxylation sites is 1. The Morgan fingerprint density at radius 1 is 0.793 bits per heavy atom. The number of phenolic OH excluding ortho intramolecular Hbond substituents is 1. The third-order valence-electron chi connectivity index (χ3n) is 4.02. The van der Waals surface area contributed by atoms with Crippen molar-refractivity contribution in [2.45, 2.75) is 6.42 Å². The second kappa shape index (κ2) is 9.94. The van der Waals surface area contributed by atoms with E-state index in [0.717, 1.165) is 5.75 Å². The smallest absolute Gasteiger partial charge is 0.232 e. The molecular formula is C23H21NO5. The number of ether oxygens (including phenoxy) is 2. The van der Waals surface area contributed by atoms with Gasteiger partial charge in [0.25, 0.3) is 0 Å². The Balaban J connectivity index is 1.51. The average molecular weight is 391 g/mol. The van der Waals surface area contributed by atoms with E-state index in [1.807, 2.05) is 30.3 Å². The van der Waals surface area contributed by atoms with Crippen LogP contribution in [0, 0.1) is 0 Å². The van der Waals surface area contributed by atoms with Crippen molar-refractivity contribution in [3.8, 4) is 17.2 Å². The SMILES string of the molecule is O=C(CC(=O)c1ccccc1)Nc1cc(OCCOc2ccccc2)ccc1O. The van der Waals surface area contributed by atoms with E-state index in [1.54, 1.807) is 36.4 Å². The highest BCUT2D eigenvalue weighted by atomic mass is 16.5. The van der Waals surface area contributed by atoms with Gasteiger partial charge >= 0.3 is 0 Å². The highest BCUT2D eigenvalue weighted by Gasteiger charge is 2.14. The van der Waals surface area contributed by atoms with Crippen LogP contribution in [0.4, 0.5) is 5.69 Å². The molecule has 0 heterocycles. The van der Waals surface area contributed by atoms with E-state index in [9.17, 15) is 14.7 Å². The summed E-state index contributed by atoms with van der Waals surface area (Å²) in [6.45, 7) is 0.637. The molecule has 0 radical (unpaired) electrons. The van der Waals surface area contributed by atoms with Crippen molar-refractivity contribution in [2.24, 2.45) is 0 Å². The molecule has 3 aromatic rings. The fourth-order valence-corrected chi connectivity index (χ4v) is 2.61. The largest absolute Gasteiger partial charge is 0.506 e. The van der Waals surface area contributed by atoms with Crippen molar-refractivity contribution in [1.29, 1.82) is 0 Å². The maximum atomic E-state index is 12.2. The summed E-state index contributed by atoms with van der Waals surface area (Å²) in [6.07, 6.45) is -0.320. The lowest BCUT2D eigenvalue weighted by Gasteiger charge is -2.11. The second-order valence-corrected chi connectivity index (χ2v) is 6.20. The van der Waals surface area contributed by atoms with Gasteiger partial charge in [-0.1, -0.05) is 48.5 Å². The summed E-state index contributed by atoms with van der Waals surface area (Å²) in [6, 6.07) is 22.5. The minimum absolute atomic E-state index is 0.113. The number of phenols is 1. The van der Waals surface area contributed by atoms with Gasteiger partial charge in [-0.3, -0.25) is 9.59 Å². The van der Waals surface area contributed by atoms with Crippen molar-refractivity contribution in [2.75, 3.05) is 18.5 Å². The molecule has 6 nitrogen and oxygen atoms in total. The number of Topliss-reactive ketones (excluding diaryl/α,β-unsaturated/α-hetero) is 1. The molecule has 0 aliphatic heterocycles. The number of hydrogen-bond donors (Lipinski definition) is 2. The molecule has 0 saturated carbocycles. The normalized spacial score (nSPS) is 10.2. The second-order valence-electron chi connectivity index (χ2n) is 6.20. The molecule has 148 valence electrons. The number of carbonyl (C=O) groups excluding carboxylic acids is 2. The summed E-state index contributed by atoms with van der Waals surface area (Å²) in [5.41, 5.74) is 0.639. The highest BCUT2D eigenvalue weighted by Crippen LogP contribution is 2.28. The van der Waals surface area contributed by atoms with E-state index in [1.165, 1.54) is 12.1 Å². The van der Waals surface area contributed by atoms with E-state index < -0.39 is 5.91 Å². The number of rotatable bonds is 9. The molecule has 0 bridgehead atoms. The molecule has 29 heavy (non-hydrogen) atoms. The Kier molecular flexibility index (Phi) is 6.84. The number of carbonyl (C=O) groups is 2. The van der Waals surface area contributed by atoms with Crippen LogP contribution in [0.3, 0.4) is 0 Å². The van der Waals surface area contributed by atoms with Gasteiger partial charge in [-0.25, -0.2) is 0 Å². The molecule has 0 aromatic heterocycles. The van der Waals surface area contributed by atoms with Crippen LogP contribution in [-0.4, -0.2) is 30.0 Å². The van der Waals surface area contributed by atoms with Crippen molar-refractivity contribution >= 4 is 17.4 Å². The first-order valence-corrected chi connectivity index (χ1v) is 9.13. The number of amides is 1. The zero-order chi connectivity index (χ0) is 20.5. The number of ketones is 1. The Morgan fingerprint density at radius 3 is 2.10 bits per heavy atom. The van der Waals surface area contributed by atoms with Gasteiger partial charge in [-0.05, 0) is 24.3 Å². The third-order valence-corrected chi connectivity index (χ3v) is 4.02. The van der Waals surface area contributed by atoms with Crippen LogP contribution in [-0.2, 0) is 4.79 Å². The van der Waals surface area contributed by atoms with Gasteiger partial charge in [0, 0.05) is 11.6 Å². The molecule has 2 N–H and O–H groups in total. The summed E-state index contributed by atoms with van der Waals surface area (Å²) in [4.78, 5) is 24.3. The monoisotopic (exact) mass is 391 g/mol. The number of hydrogen-bond acceptors (Lipinski definition) is 5. The standard InChI is InChI=1S/C23H21NO5/c25-21-12-11-19(29-14-13-28-18-9-5-2-6-10-18)15-20(21)24-23(27)16-22(26)17-7-3-1-4-8-17/h1-12,15,25H,13-14,16H2,(H,24,27). The first kappa shape index (κ1) is 19.9. The number of benzene rings is 3. The van der Waals surface area contributed by atoms with E-state index in [0.29, 0.717) is 24.5 Å². The quantitative estimate of drug-likeness (QED) is 0.249. The van der Waals surface area contributed by atoms with Crippen molar-refractivity contribution in [1.82, 2.24) is 0 Å². The molecule has 0 fully saturated rings. The summed E-state index contributed by atoms with van der Waals surface area (Å²) in [5.74, 6) is 0.284. The highest BCUT2D eigenvalue weighted by molar-refractivity contribution is 6.11. The van der Waals surface area contributed by atoms with E-state index in [-0.39, 0.29) is 23.6 Å². The Bertz CT molecular complexity index is 958. The predicted molar refractivity (Wildman–Crippen MR) is 110 cm³/mol. The van der Waals surface area contributed by atoms with Crippen LogP contribution in [0.1, 0.15) is 16.8 Å². The predicted octanol–water partition coefficient (Wildman–Crippen LogP) is 4.06. The van der Waals surface area contributed by atoms with Gasteiger partial charge in [0.15, 0.2) is 5.78 Å². The summed E-state index contributed by atoms with van der Waals surface area (Å²) in [5, 5.41) is 12.5. The molecule has 0 unspecified atom stereocenters. The first-order valence-electron chi connectivity index (χ1n) is 9.13. The number of anilines is 1. The van der Waals surface area contributed by atoms with E-state index in [4.69, 9.17) is 9.47 Å². The molecular weight excluding hydrogens is 370 g/mol. The fourth-order valence-electron chi connectivity index (χ4n) is 2.61. The zero-order valence-electron chi connectivity index (χ0n) is 15.7. The van der Waals surface area contributed by atoms with Crippen molar-refractivity contribution in [3.05, 3.63) is 84.4 Å². The number of nitrogens with one attached hydrogen (secondary N) is 1. The molecule has 1 amide bonds. The van der Waals surface area contributed by atoms with Gasteiger partial charge in [0.05, 0.1) is 12.1 Å². The molecule has 0 aliphatic rings. The average Bonchev–Trinajstić information content (AvgIpc) is 2.74. The molecule has 6 heteroatoms. The summed E-state index contributed by atoms with van der Waals surface area (Å²) >= 11 is 0. The zero-order valence-corrected chi connectivity index (χ0v) is 15.7. The fraction of sp³-hybridized carbons (Fsp3) is 0.130. The lowest BCUT2D eigenvalue weighted by Crippen LogP contribution is -2.16. The van der Waals surface area contributed by atoms with Crippen LogP contribution in [0.5, 0.6) is 17.2 Å². The van der Waals surface area contributed by atoms with Crippen LogP contribution in [0.15, 0.2) is 78.9 Å². The van der Waals surface area contributed by atoms with Crippen molar-refractivity contribution < 1.29 is 24.2 Å². The topological polar surface area (TPSA) is 84.9 Å². The minimum atomic E-state index is -0.515. The summed E-state index contributed by atoms with van der Waals surface area (Å²) in [7, 11) is 0. The Morgan fingerprint density at radius 2 is 1.41 bits per heavy atom. The van der Waals surface area contributed by atoms with Crippen LogP contribution in [0.25, 0.3) is 0 Å². The number of aromatic hydroxyl groups is 1. The third kappa shape index (κ3) is 6.10. The van der Waals surface area contributed by atoms with Gasteiger partial charge in [-0.15, -0.1) is 0 Å². The molecule has 3 rings (SSSR count). The molecule has 3 aromatic carbocycles. The maximum absolute atomic E-state index is 12.2. The van der Waals surface area contributed by atoms with Gasteiger partial charge < -0.3 is 19.9 Å². The van der Waals surface area contributed by atoms with Gasteiger partial charge in [-0.2, -0.15) is 0 Å². The lowest BCUT2D eigenvalue weighted by atomic mass is 10.1. The van der Waals surface area contributed by atoms with Crippen molar-refractivity contribution in [3.63, 3.8) is 0 Å². The maximum Gasteiger partial charge on any atom is 0.232 e. The minimum Gasteiger partial charge on any atom is -0.506 e. The Labute approximate surface area is 168 Å². The molecule has 0 aliphatic carbocycles. The lowest BCUT2D eigenvalue weighted by molar-refractivity contribution is -0.115. The van der Waals surface area contributed by atoms with Gasteiger partial charge in [0.2, 0.25) is 5.91 Å². The van der Waals surface area contributed by atoms with E-state index >= 15 is 0 Å². The van der Waals surface area contributed by atoms with E-state index in [2.05, 4.69) is 5.32 Å². The Hall–Kier alpha value is -3.80. The van der Waals surface area contributed by atoms with Crippen LogP contribution in [0.2, 0.25) is 0 Å². The molecule has 0 atom stereocenters. The molecule has 0 spiro atoms. The van der Waals surface area contributed by atoms with Crippen LogP contribution < -0.4 is 14.8 Å².